The first-order valence-electron chi connectivity index (χ1n) is 1.26. The SMILES string of the molecule is CO.CSC.[B]. The molecule has 0 aliphatic heterocycles. The van der Waals surface area contributed by atoms with Crippen molar-refractivity contribution in [2.75, 3.05) is 19.6 Å². The van der Waals surface area contributed by atoms with Crippen LogP contribution in [0.1, 0.15) is 0 Å². The van der Waals surface area contributed by atoms with Gasteiger partial charge in [0, 0.05) is 15.5 Å². The second kappa shape index (κ2) is 54.4. The van der Waals surface area contributed by atoms with Gasteiger partial charge in [-0.1, -0.05) is 0 Å². The van der Waals surface area contributed by atoms with Crippen molar-refractivity contribution in [3.8, 4) is 0 Å². The van der Waals surface area contributed by atoms with Gasteiger partial charge < -0.3 is 5.11 Å². The van der Waals surface area contributed by atoms with E-state index in [0.29, 0.717) is 0 Å². The maximum absolute atomic E-state index is 7.00. The van der Waals surface area contributed by atoms with Crippen LogP contribution in [0.25, 0.3) is 0 Å². The van der Waals surface area contributed by atoms with Crippen molar-refractivity contribution >= 4 is 20.2 Å². The summed E-state index contributed by atoms with van der Waals surface area (Å²) >= 11 is 1.75. The van der Waals surface area contributed by atoms with Gasteiger partial charge in [-0.25, -0.2) is 0 Å². The van der Waals surface area contributed by atoms with E-state index in [4.69, 9.17) is 5.11 Å². The van der Waals surface area contributed by atoms with Crippen molar-refractivity contribution in [3.63, 3.8) is 0 Å². The Hall–Kier alpha value is 0.375. The number of thioether (sulfide) groups is 1. The summed E-state index contributed by atoms with van der Waals surface area (Å²) in [6.07, 6.45) is 4.08. The Morgan fingerprint density at radius 1 is 1.17 bits per heavy atom. The minimum atomic E-state index is 0. The van der Waals surface area contributed by atoms with Crippen molar-refractivity contribution < 1.29 is 5.11 Å². The molecule has 0 fully saturated rings. The van der Waals surface area contributed by atoms with Crippen LogP contribution in [-0.2, 0) is 0 Å². The molecule has 3 heteroatoms. The van der Waals surface area contributed by atoms with Crippen LogP contribution in [0.2, 0.25) is 0 Å². The highest BCUT2D eigenvalue weighted by Crippen LogP contribution is 1.70. The van der Waals surface area contributed by atoms with E-state index >= 15 is 0 Å². The van der Waals surface area contributed by atoms with Crippen LogP contribution in [0.5, 0.6) is 0 Å². The molecule has 3 radical (unpaired) electrons. The highest BCUT2D eigenvalue weighted by atomic mass is 32.2. The molecule has 0 rings (SSSR count). The molecular formula is C3H10BOS. The van der Waals surface area contributed by atoms with Gasteiger partial charge in [0.1, 0.15) is 0 Å². The van der Waals surface area contributed by atoms with Crippen LogP contribution in [0.3, 0.4) is 0 Å². The second-order valence-electron chi connectivity index (χ2n) is 0.408. The summed E-state index contributed by atoms with van der Waals surface area (Å²) in [6.45, 7) is 0. The molecule has 0 heterocycles. The lowest BCUT2D eigenvalue weighted by Gasteiger charge is -1.51. The van der Waals surface area contributed by atoms with Crippen LogP contribution in [0, 0.1) is 0 Å². The molecule has 0 aliphatic rings. The largest absolute Gasteiger partial charge is 0.400 e. The zero-order chi connectivity index (χ0) is 4.71. The summed E-state index contributed by atoms with van der Waals surface area (Å²) in [5, 5.41) is 7.00. The minimum absolute atomic E-state index is 0. The van der Waals surface area contributed by atoms with Crippen molar-refractivity contribution in [3.05, 3.63) is 0 Å². The summed E-state index contributed by atoms with van der Waals surface area (Å²) in [5.74, 6) is 0. The van der Waals surface area contributed by atoms with E-state index in [1.54, 1.807) is 11.8 Å². The molecule has 0 amide bonds. The zero-order valence-electron chi connectivity index (χ0n) is 4.43. The lowest BCUT2D eigenvalue weighted by molar-refractivity contribution is 0.399. The van der Waals surface area contributed by atoms with Gasteiger partial charge in [0.15, 0.2) is 0 Å². The summed E-state index contributed by atoms with van der Waals surface area (Å²) in [6, 6.07) is 0. The fourth-order valence-corrected chi connectivity index (χ4v) is 0. The highest BCUT2D eigenvalue weighted by Gasteiger charge is 1.32. The van der Waals surface area contributed by atoms with Crippen molar-refractivity contribution in [2.24, 2.45) is 0 Å². The molecule has 1 N–H and O–H groups in total. The van der Waals surface area contributed by atoms with E-state index in [-0.39, 0.29) is 8.41 Å². The summed E-state index contributed by atoms with van der Waals surface area (Å²) in [7, 11) is 1.00. The monoisotopic (exact) mass is 105 g/mol. The molecule has 6 heavy (non-hydrogen) atoms. The quantitative estimate of drug-likeness (QED) is 0.444. The average Bonchev–Trinajstić information content (AvgIpc) is 1.46. The van der Waals surface area contributed by atoms with Crippen molar-refractivity contribution in [1.82, 2.24) is 0 Å². The molecule has 0 aromatic rings. The Balaban J connectivity index is -0.0000000275. The first-order chi connectivity index (χ1) is 2.41. The molecule has 1 nitrogen and oxygen atoms in total. The zero-order valence-corrected chi connectivity index (χ0v) is 5.25. The number of hydrogen-bond donors (Lipinski definition) is 1. The predicted octanol–water partition coefficient (Wildman–Crippen LogP) is 0.207. The highest BCUT2D eigenvalue weighted by molar-refractivity contribution is 7.97. The van der Waals surface area contributed by atoms with E-state index in [1.165, 1.54) is 0 Å². The van der Waals surface area contributed by atoms with Crippen LogP contribution in [-0.4, -0.2) is 33.1 Å². The minimum Gasteiger partial charge on any atom is -0.400 e. The van der Waals surface area contributed by atoms with Gasteiger partial charge in [-0.15, -0.1) is 0 Å². The van der Waals surface area contributed by atoms with Gasteiger partial charge in [0.05, 0.1) is 0 Å². The van der Waals surface area contributed by atoms with Crippen molar-refractivity contribution in [1.29, 1.82) is 0 Å². The number of aliphatic hydroxyl groups excluding tert-OH is 1. The third-order valence-electron chi connectivity index (χ3n) is 0. The third kappa shape index (κ3) is 354. The van der Waals surface area contributed by atoms with Crippen LogP contribution >= 0.6 is 11.8 Å². The third-order valence-corrected chi connectivity index (χ3v) is 0. The Kier molecular flexibility index (Phi) is 147. The molecule has 0 unspecified atom stereocenters. The van der Waals surface area contributed by atoms with Gasteiger partial charge in [-0.3, -0.25) is 0 Å². The normalized spacial score (nSPS) is 4.00. The van der Waals surface area contributed by atoms with E-state index in [0.717, 1.165) is 7.11 Å². The molecule has 0 bridgehead atoms. The molecule has 37 valence electrons. The fraction of sp³-hybridized carbons (Fsp3) is 1.00. The number of hydrogen-bond acceptors (Lipinski definition) is 2. The Labute approximate surface area is 45.7 Å². The number of aliphatic hydroxyl groups is 1. The van der Waals surface area contributed by atoms with E-state index in [9.17, 15) is 0 Å². The standard InChI is InChI=1S/C2H6S.CH4O.B/c1-3-2;1-2;/h1-2H3;2H,1H3;. The average molecular weight is 105 g/mol. The van der Waals surface area contributed by atoms with Gasteiger partial charge in [-0.2, -0.15) is 11.8 Å². The van der Waals surface area contributed by atoms with E-state index in [2.05, 4.69) is 0 Å². The molecular weight excluding hydrogens is 94.9 g/mol. The van der Waals surface area contributed by atoms with Gasteiger partial charge in [0.2, 0.25) is 0 Å². The van der Waals surface area contributed by atoms with E-state index < -0.39 is 0 Å². The maximum Gasteiger partial charge on any atom is 0.0319 e. The summed E-state index contributed by atoms with van der Waals surface area (Å²) < 4.78 is 0. The van der Waals surface area contributed by atoms with Gasteiger partial charge >= 0.3 is 0 Å². The lowest BCUT2D eigenvalue weighted by atomic mass is 10.8. The van der Waals surface area contributed by atoms with Crippen LogP contribution in [0.15, 0.2) is 0 Å². The Bertz CT molecular complexity index is 10.8. The second-order valence-corrected chi connectivity index (χ2v) is 1.22. The smallest absolute Gasteiger partial charge is 0.0319 e. The molecule has 0 atom stereocenters. The van der Waals surface area contributed by atoms with Crippen LogP contribution < -0.4 is 0 Å². The molecule has 0 aliphatic carbocycles. The topological polar surface area (TPSA) is 20.2 Å². The van der Waals surface area contributed by atoms with Gasteiger partial charge in [0.25, 0.3) is 0 Å². The van der Waals surface area contributed by atoms with Crippen molar-refractivity contribution in [2.45, 2.75) is 0 Å². The summed E-state index contributed by atoms with van der Waals surface area (Å²) in [4.78, 5) is 0. The Morgan fingerprint density at radius 3 is 1.17 bits per heavy atom. The first kappa shape index (κ1) is 16.2. The fourth-order valence-electron chi connectivity index (χ4n) is 0. The van der Waals surface area contributed by atoms with Gasteiger partial charge in [-0.05, 0) is 12.5 Å². The molecule has 0 aromatic heterocycles. The van der Waals surface area contributed by atoms with Crippen LogP contribution in [0.4, 0.5) is 0 Å². The molecule has 0 spiro atoms. The summed E-state index contributed by atoms with van der Waals surface area (Å²) in [5.41, 5.74) is 0. The number of rotatable bonds is 0. The van der Waals surface area contributed by atoms with E-state index in [1.807, 2.05) is 12.5 Å². The lowest BCUT2D eigenvalue weighted by Crippen LogP contribution is -1.25. The molecule has 0 saturated heterocycles. The maximum atomic E-state index is 7.00. The first-order valence-corrected chi connectivity index (χ1v) is 2.90. The molecule has 0 aromatic carbocycles. The molecule has 0 saturated carbocycles. The Morgan fingerprint density at radius 2 is 1.17 bits per heavy atom. The predicted molar refractivity (Wildman–Crippen MR) is 33.3 cm³/mol.